The molecular formula is C16H24N2O2. The van der Waals surface area contributed by atoms with Crippen molar-refractivity contribution in [2.75, 3.05) is 26.7 Å². The summed E-state index contributed by atoms with van der Waals surface area (Å²) in [5, 5.41) is 6.15. The van der Waals surface area contributed by atoms with Crippen LogP contribution in [0.1, 0.15) is 31.7 Å². The molecule has 1 aromatic carbocycles. The molecule has 20 heavy (non-hydrogen) atoms. The van der Waals surface area contributed by atoms with Crippen LogP contribution < -0.4 is 15.4 Å². The molecule has 0 saturated carbocycles. The number of hydrogen-bond donors (Lipinski definition) is 2. The standard InChI is InChI=1S/C16H24N2O2/c1-16(2,15(19)17-3)11-18-10-12-8-9-20-14-7-5-4-6-13(12)14/h4-7,12,18H,8-11H2,1-3H3,(H,17,19). The van der Waals surface area contributed by atoms with Gasteiger partial charge in [-0.1, -0.05) is 18.2 Å². The molecule has 0 radical (unpaired) electrons. The van der Waals surface area contributed by atoms with Gasteiger partial charge >= 0.3 is 0 Å². The molecule has 2 rings (SSSR count). The molecular weight excluding hydrogens is 252 g/mol. The number of nitrogens with one attached hydrogen (secondary N) is 2. The van der Waals surface area contributed by atoms with E-state index in [1.54, 1.807) is 7.05 Å². The van der Waals surface area contributed by atoms with Crippen molar-refractivity contribution in [1.29, 1.82) is 0 Å². The summed E-state index contributed by atoms with van der Waals surface area (Å²) in [7, 11) is 1.68. The van der Waals surface area contributed by atoms with E-state index in [1.807, 2.05) is 26.0 Å². The molecule has 1 atom stereocenters. The van der Waals surface area contributed by atoms with Crippen molar-refractivity contribution >= 4 is 5.91 Å². The molecule has 0 aromatic heterocycles. The lowest BCUT2D eigenvalue weighted by molar-refractivity contribution is -0.128. The number of benzene rings is 1. The average molecular weight is 276 g/mol. The first-order chi connectivity index (χ1) is 9.54. The van der Waals surface area contributed by atoms with Crippen LogP contribution >= 0.6 is 0 Å². The lowest BCUT2D eigenvalue weighted by atomic mass is 9.90. The van der Waals surface area contributed by atoms with Crippen molar-refractivity contribution in [2.24, 2.45) is 5.41 Å². The quantitative estimate of drug-likeness (QED) is 0.864. The Hall–Kier alpha value is -1.55. The summed E-state index contributed by atoms with van der Waals surface area (Å²) in [6.07, 6.45) is 1.02. The van der Waals surface area contributed by atoms with Crippen LogP contribution in [0.2, 0.25) is 0 Å². The van der Waals surface area contributed by atoms with Crippen LogP contribution in [-0.2, 0) is 4.79 Å². The molecule has 1 aliphatic rings. The Labute approximate surface area is 120 Å². The molecule has 0 saturated heterocycles. The summed E-state index contributed by atoms with van der Waals surface area (Å²) < 4.78 is 5.66. The van der Waals surface area contributed by atoms with E-state index in [0.29, 0.717) is 12.5 Å². The third-order valence-electron chi connectivity index (χ3n) is 3.88. The van der Waals surface area contributed by atoms with E-state index in [9.17, 15) is 4.79 Å². The molecule has 1 unspecified atom stereocenters. The predicted octanol–water partition coefficient (Wildman–Crippen LogP) is 1.91. The molecule has 1 amide bonds. The van der Waals surface area contributed by atoms with Crippen molar-refractivity contribution in [3.63, 3.8) is 0 Å². The third-order valence-corrected chi connectivity index (χ3v) is 3.88. The molecule has 2 N–H and O–H groups in total. The van der Waals surface area contributed by atoms with Crippen molar-refractivity contribution < 1.29 is 9.53 Å². The minimum atomic E-state index is -0.389. The molecule has 0 spiro atoms. The minimum absolute atomic E-state index is 0.0670. The average Bonchev–Trinajstić information content (AvgIpc) is 2.46. The van der Waals surface area contributed by atoms with Crippen LogP contribution in [0.4, 0.5) is 0 Å². The van der Waals surface area contributed by atoms with Gasteiger partial charge in [0.2, 0.25) is 5.91 Å². The van der Waals surface area contributed by atoms with Crippen LogP contribution in [-0.4, -0.2) is 32.7 Å². The van der Waals surface area contributed by atoms with Crippen molar-refractivity contribution in [1.82, 2.24) is 10.6 Å². The van der Waals surface area contributed by atoms with Gasteiger partial charge in [-0.05, 0) is 31.9 Å². The van der Waals surface area contributed by atoms with Crippen LogP contribution in [0, 0.1) is 5.41 Å². The van der Waals surface area contributed by atoms with E-state index in [0.717, 1.165) is 25.3 Å². The Morgan fingerprint density at radius 2 is 2.15 bits per heavy atom. The van der Waals surface area contributed by atoms with Gasteiger partial charge in [-0.15, -0.1) is 0 Å². The van der Waals surface area contributed by atoms with E-state index in [4.69, 9.17) is 4.74 Å². The number of rotatable bonds is 5. The first-order valence-corrected chi connectivity index (χ1v) is 7.19. The zero-order valence-electron chi connectivity index (χ0n) is 12.5. The molecule has 0 fully saturated rings. The highest BCUT2D eigenvalue weighted by Crippen LogP contribution is 2.32. The Kier molecular flexibility index (Phi) is 4.65. The summed E-state index contributed by atoms with van der Waals surface area (Å²) in [5.74, 6) is 1.52. The highest BCUT2D eigenvalue weighted by Gasteiger charge is 2.27. The normalized spacial score (nSPS) is 18.1. The smallest absolute Gasteiger partial charge is 0.226 e. The summed E-state index contributed by atoms with van der Waals surface area (Å²) in [6, 6.07) is 8.21. The molecule has 1 heterocycles. The minimum Gasteiger partial charge on any atom is -0.493 e. The second-order valence-corrected chi connectivity index (χ2v) is 5.97. The van der Waals surface area contributed by atoms with Gasteiger partial charge in [-0.25, -0.2) is 0 Å². The SMILES string of the molecule is CNC(=O)C(C)(C)CNCC1CCOc2ccccc21. The van der Waals surface area contributed by atoms with Gasteiger partial charge in [-0.3, -0.25) is 4.79 Å². The molecule has 110 valence electrons. The monoisotopic (exact) mass is 276 g/mol. The summed E-state index contributed by atoms with van der Waals surface area (Å²) in [5.41, 5.74) is 0.878. The highest BCUT2D eigenvalue weighted by atomic mass is 16.5. The van der Waals surface area contributed by atoms with Gasteiger partial charge in [0.1, 0.15) is 5.75 Å². The number of fused-ring (bicyclic) bond motifs is 1. The van der Waals surface area contributed by atoms with Gasteiger partial charge < -0.3 is 15.4 Å². The number of carbonyl (C=O) groups is 1. The number of para-hydroxylation sites is 1. The zero-order valence-corrected chi connectivity index (χ0v) is 12.5. The van der Waals surface area contributed by atoms with E-state index < -0.39 is 0 Å². The first-order valence-electron chi connectivity index (χ1n) is 7.19. The van der Waals surface area contributed by atoms with Crippen LogP contribution in [0.15, 0.2) is 24.3 Å². The Bertz CT molecular complexity index is 471. The lowest BCUT2D eigenvalue weighted by Crippen LogP contribution is -2.43. The van der Waals surface area contributed by atoms with E-state index in [1.165, 1.54) is 5.56 Å². The van der Waals surface area contributed by atoms with E-state index in [2.05, 4.69) is 22.8 Å². The number of ether oxygens (including phenoxy) is 1. The fraction of sp³-hybridized carbons (Fsp3) is 0.562. The lowest BCUT2D eigenvalue weighted by Gasteiger charge is -2.28. The topological polar surface area (TPSA) is 50.4 Å². The second kappa shape index (κ2) is 6.27. The summed E-state index contributed by atoms with van der Waals surface area (Å²) in [4.78, 5) is 11.7. The second-order valence-electron chi connectivity index (χ2n) is 5.97. The van der Waals surface area contributed by atoms with Gasteiger partial charge in [0.15, 0.2) is 0 Å². The summed E-state index contributed by atoms with van der Waals surface area (Å²) in [6.45, 7) is 6.22. The zero-order chi connectivity index (χ0) is 14.6. The van der Waals surface area contributed by atoms with E-state index in [-0.39, 0.29) is 11.3 Å². The van der Waals surface area contributed by atoms with Gasteiger partial charge in [-0.2, -0.15) is 0 Å². The molecule has 0 bridgehead atoms. The van der Waals surface area contributed by atoms with Crippen LogP contribution in [0.5, 0.6) is 5.75 Å². The Morgan fingerprint density at radius 1 is 1.40 bits per heavy atom. The molecule has 4 nitrogen and oxygen atoms in total. The van der Waals surface area contributed by atoms with Gasteiger partial charge in [0.05, 0.1) is 12.0 Å². The van der Waals surface area contributed by atoms with Gasteiger partial charge in [0.25, 0.3) is 0 Å². The highest BCUT2D eigenvalue weighted by molar-refractivity contribution is 5.81. The maximum Gasteiger partial charge on any atom is 0.226 e. The van der Waals surface area contributed by atoms with Crippen molar-refractivity contribution in [2.45, 2.75) is 26.2 Å². The van der Waals surface area contributed by atoms with Crippen molar-refractivity contribution in [3.05, 3.63) is 29.8 Å². The number of carbonyl (C=O) groups excluding carboxylic acids is 1. The van der Waals surface area contributed by atoms with Crippen LogP contribution in [0.25, 0.3) is 0 Å². The van der Waals surface area contributed by atoms with Crippen molar-refractivity contribution in [3.8, 4) is 5.75 Å². The maximum atomic E-state index is 11.7. The number of hydrogen-bond acceptors (Lipinski definition) is 3. The summed E-state index contributed by atoms with van der Waals surface area (Å²) >= 11 is 0. The third kappa shape index (κ3) is 3.31. The van der Waals surface area contributed by atoms with Gasteiger partial charge in [0, 0.05) is 26.1 Å². The molecule has 4 heteroatoms. The largest absolute Gasteiger partial charge is 0.493 e. The first kappa shape index (κ1) is 14.9. The van der Waals surface area contributed by atoms with E-state index >= 15 is 0 Å². The molecule has 0 aliphatic carbocycles. The fourth-order valence-electron chi connectivity index (χ4n) is 2.61. The fourth-order valence-corrected chi connectivity index (χ4v) is 2.61. The molecule has 1 aliphatic heterocycles. The Balaban J connectivity index is 1.91. The predicted molar refractivity (Wildman–Crippen MR) is 80.0 cm³/mol. The number of amides is 1. The maximum absolute atomic E-state index is 11.7. The van der Waals surface area contributed by atoms with Crippen LogP contribution in [0.3, 0.4) is 0 Å². The Morgan fingerprint density at radius 3 is 2.90 bits per heavy atom. The molecule has 1 aromatic rings.